The first-order chi connectivity index (χ1) is 12.4. The van der Waals surface area contributed by atoms with Crippen molar-refractivity contribution in [1.29, 1.82) is 0 Å². The highest BCUT2D eigenvalue weighted by Crippen LogP contribution is 2.32. The maximum atomic E-state index is 12.6. The maximum absolute atomic E-state index is 12.6. The highest BCUT2D eigenvalue weighted by molar-refractivity contribution is 5.92. The lowest BCUT2D eigenvalue weighted by Gasteiger charge is -2.22. The zero-order valence-electron chi connectivity index (χ0n) is 15.3. The highest BCUT2D eigenvalue weighted by Gasteiger charge is 2.42. The van der Waals surface area contributed by atoms with Crippen LogP contribution in [0, 0.1) is 12.3 Å². The van der Waals surface area contributed by atoms with Crippen LogP contribution in [-0.2, 0) is 9.53 Å². The molecule has 0 spiro atoms. The molecule has 0 bridgehead atoms. The number of carboxylic acid groups (broad SMARTS) is 1. The minimum Gasteiger partial charge on any atom is -0.489 e. The van der Waals surface area contributed by atoms with Gasteiger partial charge in [-0.15, -0.1) is 0 Å². The predicted octanol–water partition coefficient (Wildman–Crippen LogP) is 2.88. The minimum absolute atomic E-state index is 0.0916. The third kappa shape index (κ3) is 4.09. The summed E-state index contributed by atoms with van der Waals surface area (Å²) in [6.07, 6.45) is 2.57. The fraction of sp³-hybridized carbons (Fsp3) is 0.579. The molecule has 2 amide bonds. The van der Waals surface area contributed by atoms with Gasteiger partial charge in [0, 0.05) is 19.7 Å². The summed E-state index contributed by atoms with van der Waals surface area (Å²) in [6, 6.07) is 5.29. The molecule has 2 N–H and O–H groups in total. The van der Waals surface area contributed by atoms with Gasteiger partial charge in [-0.25, -0.2) is 4.79 Å². The van der Waals surface area contributed by atoms with Crippen molar-refractivity contribution in [3.8, 4) is 5.75 Å². The molecule has 2 aliphatic heterocycles. The normalized spacial score (nSPS) is 25.3. The molecule has 2 atom stereocenters. The number of hydrogen-bond donors (Lipinski definition) is 2. The number of ether oxygens (including phenoxy) is 2. The Morgan fingerprint density at radius 2 is 2.27 bits per heavy atom. The van der Waals surface area contributed by atoms with E-state index >= 15 is 0 Å². The van der Waals surface area contributed by atoms with Gasteiger partial charge in [0.25, 0.3) is 0 Å². The number of benzene rings is 1. The number of hydrogen-bond acceptors (Lipinski definition) is 4. The van der Waals surface area contributed by atoms with Gasteiger partial charge in [0.05, 0.1) is 17.2 Å². The monoisotopic (exact) mass is 362 g/mol. The molecule has 1 aromatic rings. The van der Waals surface area contributed by atoms with E-state index in [0.717, 1.165) is 25.0 Å². The summed E-state index contributed by atoms with van der Waals surface area (Å²) >= 11 is 0. The van der Waals surface area contributed by atoms with E-state index in [1.54, 1.807) is 6.92 Å². The van der Waals surface area contributed by atoms with Crippen molar-refractivity contribution in [2.45, 2.75) is 39.2 Å². The molecule has 2 unspecified atom stereocenters. The van der Waals surface area contributed by atoms with Crippen LogP contribution in [0.4, 0.5) is 10.5 Å². The van der Waals surface area contributed by atoms with Crippen molar-refractivity contribution in [2.24, 2.45) is 5.41 Å². The number of aliphatic carboxylic acids is 1. The Bertz CT molecular complexity index is 687. The topological polar surface area (TPSA) is 88.1 Å². The number of amides is 2. The second kappa shape index (κ2) is 7.53. The van der Waals surface area contributed by atoms with Crippen molar-refractivity contribution < 1.29 is 24.2 Å². The number of carboxylic acids is 1. The lowest BCUT2D eigenvalue weighted by molar-refractivity contribution is -0.146. The number of anilines is 1. The van der Waals surface area contributed by atoms with Crippen LogP contribution in [0.1, 0.15) is 31.7 Å². The van der Waals surface area contributed by atoms with Crippen LogP contribution < -0.4 is 10.1 Å². The maximum Gasteiger partial charge on any atom is 0.321 e. The van der Waals surface area contributed by atoms with Gasteiger partial charge in [-0.2, -0.15) is 0 Å². The van der Waals surface area contributed by atoms with E-state index < -0.39 is 11.4 Å². The van der Waals surface area contributed by atoms with Crippen molar-refractivity contribution in [1.82, 2.24) is 4.90 Å². The van der Waals surface area contributed by atoms with Gasteiger partial charge in [-0.1, -0.05) is 6.07 Å². The second-order valence-electron chi connectivity index (χ2n) is 7.41. The number of rotatable bonds is 5. The van der Waals surface area contributed by atoms with E-state index in [0.29, 0.717) is 31.0 Å². The summed E-state index contributed by atoms with van der Waals surface area (Å²) in [4.78, 5) is 25.5. The molecule has 2 aliphatic rings. The van der Waals surface area contributed by atoms with E-state index in [-0.39, 0.29) is 18.7 Å². The standard InChI is InChI=1S/C19H26N2O5/c1-13-5-6-15(16(10-13)26-11-14-4-3-9-25-14)20-18(24)21-8-7-19(2,12-21)17(22)23/h5-6,10,14H,3-4,7-9,11-12H2,1-2H3,(H,20,24)(H,22,23). The zero-order chi connectivity index (χ0) is 18.7. The van der Waals surface area contributed by atoms with Crippen molar-refractivity contribution >= 4 is 17.7 Å². The molecular formula is C19H26N2O5. The summed E-state index contributed by atoms with van der Waals surface area (Å²) in [5.41, 5.74) is 0.733. The fourth-order valence-corrected chi connectivity index (χ4v) is 3.31. The third-order valence-electron chi connectivity index (χ3n) is 5.10. The first-order valence-electron chi connectivity index (χ1n) is 9.02. The fourth-order valence-electron chi connectivity index (χ4n) is 3.31. The van der Waals surface area contributed by atoms with Crippen LogP contribution in [0.15, 0.2) is 18.2 Å². The SMILES string of the molecule is Cc1ccc(NC(=O)N2CCC(C)(C(=O)O)C2)c(OCC2CCCO2)c1. The quantitative estimate of drug-likeness (QED) is 0.841. The molecule has 26 heavy (non-hydrogen) atoms. The van der Waals surface area contributed by atoms with Gasteiger partial charge in [0.1, 0.15) is 12.4 Å². The summed E-state index contributed by atoms with van der Waals surface area (Å²) in [5.74, 6) is -0.266. The predicted molar refractivity (Wildman–Crippen MR) is 96.6 cm³/mol. The summed E-state index contributed by atoms with van der Waals surface area (Å²) in [7, 11) is 0. The van der Waals surface area contributed by atoms with E-state index in [1.807, 2.05) is 25.1 Å². The minimum atomic E-state index is -0.885. The number of nitrogens with one attached hydrogen (secondary N) is 1. The van der Waals surface area contributed by atoms with E-state index in [9.17, 15) is 14.7 Å². The van der Waals surface area contributed by atoms with Crippen molar-refractivity contribution in [2.75, 3.05) is 31.6 Å². The van der Waals surface area contributed by atoms with Gasteiger partial charge in [0.2, 0.25) is 0 Å². The van der Waals surface area contributed by atoms with Crippen molar-refractivity contribution in [3.63, 3.8) is 0 Å². The summed E-state index contributed by atoms with van der Waals surface area (Å²) < 4.78 is 11.5. The van der Waals surface area contributed by atoms with Crippen LogP contribution in [0.3, 0.4) is 0 Å². The second-order valence-corrected chi connectivity index (χ2v) is 7.41. The van der Waals surface area contributed by atoms with Crippen LogP contribution in [0.25, 0.3) is 0 Å². The van der Waals surface area contributed by atoms with Crippen LogP contribution >= 0.6 is 0 Å². The Hall–Kier alpha value is -2.28. The van der Waals surface area contributed by atoms with Gasteiger partial charge < -0.3 is 24.8 Å². The average molecular weight is 362 g/mol. The Kier molecular flexibility index (Phi) is 5.36. The lowest BCUT2D eigenvalue weighted by atomic mass is 9.90. The number of urea groups is 1. The molecule has 0 aromatic heterocycles. The first kappa shape index (κ1) is 18.5. The average Bonchev–Trinajstić information content (AvgIpc) is 3.25. The molecule has 2 fully saturated rings. The molecule has 2 saturated heterocycles. The van der Waals surface area contributed by atoms with Gasteiger partial charge in [-0.05, 0) is 50.8 Å². The van der Waals surface area contributed by atoms with Gasteiger partial charge in [0.15, 0.2) is 0 Å². The summed E-state index contributed by atoms with van der Waals surface area (Å²) in [5, 5.41) is 12.2. The molecule has 0 saturated carbocycles. The number of carbonyl (C=O) groups is 2. The highest BCUT2D eigenvalue weighted by atomic mass is 16.5. The Labute approximate surface area is 153 Å². The number of nitrogens with zero attached hydrogens (tertiary/aromatic N) is 1. The molecular weight excluding hydrogens is 336 g/mol. The molecule has 7 nitrogen and oxygen atoms in total. The van der Waals surface area contributed by atoms with E-state index in [2.05, 4.69) is 5.32 Å². The van der Waals surface area contributed by atoms with Gasteiger partial charge >= 0.3 is 12.0 Å². The van der Waals surface area contributed by atoms with Crippen LogP contribution in [-0.4, -0.2) is 54.4 Å². The van der Waals surface area contributed by atoms with E-state index in [4.69, 9.17) is 9.47 Å². The van der Waals surface area contributed by atoms with Crippen LogP contribution in [0.2, 0.25) is 0 Å². The lowest BCUT2D eigenvalue weighted by Crippen LogP contribution is -2.37. The Balaban J connectivity index is 1.65. The molecule has 142 valence electrons. The number of carbonyl (C=O) groups excluding carboxylic acids is 1. The molecule has 0 radical (unpaired) electrons. The first-order valence-corrected chi connectivity index (χ1v) is 9.02. The largest absolute Gasteiger partial charge is 0.489 e. The molecule has 0 aliphatic carbocycles. The molecule has 3 rings (SSSR count). The molecule has 2 heterocycles. The van der Waals surface area contributed by atoms with E-state index in [1.165, 1.54) is 4.90 Å². The zero-order valence-corrected chi connectivity index (χ0v) is 15.3. The Morgan fingerprint density at radius 3 is 2.92 bits per heavy atom. The number of aryl methyl sites for hydroxylation is 1. The molecule has 1 aromatic carbocycles. The van der Waals surface area contributed by atoms with Gasteiger partial charge in [-0.3, -0.25) is 4.79 Å². The smallest absolute Gasteiger partial charge is 0.321 e. The van der Waals surface area contributed by atoms with Crippen LogP contribution in [0.5, 0.6) is 5.75 Å². The van der Waals surface area contributed by atoms with Crippen molar-refractivity contribution in [3.05, 3.63) is 23.8 Å². The Morgan fingerprint density at radius 1 is 1.46 bits per heavy atom. The third-order valence-corrected chi connectivity index (χ3v) is 5.10. The molecule has 7 heteroatoms. The summed E-state index contributed by atoms with van der Waals surface area (Å²) in [6.45, 7) is 5.47. The number of likely N-dealkylation sites (tertiary alicyclic amines) is 1.